The number of methoxy groups -OCH3 is 1. The summed E-state index contributed by atoms with van der Waals surface area (Å²) < 4.78 is 34.2. The predicted molar refractivity (Wildman–Crippen MR) is 120 cm³/mol. The lowest BCUT2D eigenvalue weighted by Gasteiger charge is -2.19. The lowest BCUT2D eigenvalue weighted by atomic mass is 10.1. The largest absolute Gasteiger partial charge is 0.497 e. The van der Waals surface area contributed by atoms with Gasteiger partial charge in [0.05, 0.1) is 12.0 Å². The van der Waals surface area contributed by atoms with Crippen molar-refractivity contribution in [1.29, 1.82) is 0 Å². The van der Waals surface area contributed by atoms with Gasteiger partial charge in [0.1, 0.15) is 11.8 Å². The Kier molecular flexibility index (Phi) is 7.25. The van der Waals surface area contributed by atoms with E-state index in [0.717, 1.165) is 10.0 Å². The Labute approximate surface area is 184 Å². The fraction of sp³-hybridized carbons (Fsp3) is 0.136. The zero-order chi connectivity index (χ0) is 21.6. The van der Waals surface area contributed by atoms with E-state index in [2.05, 4.69) is 26.0 Å². The van der Waals surface area contributed by atoms with Crippen molar-refractivity contribution >= 4 is 37.5 Å². The number of amides is 1. The van der Waals surface area contributed by atoms with Crippen LogP contribution in [0, 0.1) is 0 Å². The second-order valence-corrected chi connectivity index (χ2v) is 9.17. The SMILES string of the molecule is COc1cccc(NC(=O)[C@@H](Cc2ccccc2)NS(=O)(=O)c2ccc(Br)cc2)c1. The number of sulfonamides is 1. The maximum absolute atomic E-state index is 13.0. The molecule has 8 heteroatoms. The summed E-state index contributed by atoms with van der Waals surface area (Å²) >= 11 is 3.29. The third kappa shape index (κ3) is 5.91. The van der Waals surface area contributed by atoms with Crippen molar-refractivity contribution < 1.29 is 17.9 Å². The average molecular weight is 489 g/mol. The molecule has 3 rings (SSSR count). The zero-order valence-electron chi connectivity index (χ0n) is 16.2. The number of benzene rings is 3. The maximum atomic E-state index is 13.0. The van der Waals surface area contributed by atoms with E-state index in [-0.39, 0.29) is 11.3 Å². The highest BCUT2D eigenvalue weighted by Crippen LogP contribution is 2.19. The number of nitrogens with one attached hydrogen (secondary N) is 2. The molecule has 3 aromatic carbocycles. The van der Waals surface area contributed by atoms with Gasteiger partial charge in [-0.05, 0) is 48.4 Å². The fourth-order valence-electron chi connectivity index (χ4n) is 2.84. The predicted octanol–water partition coefficient (Wildman–Crippen LogP) is 3.99. The molecule has 3 aromatic rings. The van der Waals surface area contributed by atoms with Gasteiger partial charge in [-0.3, -0.25) is 4.79 Å². The molecular formula is C22H21BrN2O4S. The van der Waals surface area contributed by atoms with Crippen molar-refractivity contribution in [3.63, 3.8) is 0 Å². The maximum Gasteiger partial charge on any atom is 0.242 e. The highest BCUT2D eigenvalue weighted by Gasteiger charge is 2.26. The molecule has 6 nitrogen and oxygen atoms in total. The molecule has 0 aliphatic carbocycles. The van der Waals surface area contributed by atoms with Crippen LogP contribution in [0.1, 0.15) is 5.56 Å². The van der Waals surface area contributed by atoms with Crippen LogP contribution in [-0.4, -0.2) is 27.5 Å². The number of ether oxygens (including phenoxy) is 1. The van der Waals surface area contributed by atoms with Crippen LogP contribution in [0.3, 0.4) is 0 Å². The molecule has 0 aliphatic heterocycles. The first-order valence-corrected chi connectivity index (χ1v) is 11.4. The van der Waals surface area contributed by atoms with E-state index in [1.807, 2.05) is 30.3 Å². The molecule has 0 unspecified atom stereocenters. The standard InChI is InChI=1S/C22H21BrN2O4S/c1-29-19-9-5-8-18(15-19)24-22(26)21(14-16-6-3-2-4-7-16)25-30(27,28)20-12-10-17(23)11-13-20/h2-13,15,21,25H,14H2,1H3,(H,24,26)/t21-/m1/s1. The summed E-state index contributed by atoms with van der Waals surface area (Å²) in [6, 6.07) is 21.3. The van der Waals surface area contributed by atoms with Crippen molar-refractivity contribution in [3.8, 4) is 5.75 Å². The van der Waals surface area contributed by atoms with Gasteiger partial charge < -0.3 is 10.1 Å². The number of anilines is 1. The first-order valence-electron chi connectivity index (χ1n) is 9.14. The number of carbonyl (C=O) groups is 1. The molecule has 0 heterocycles. The van der Waals surface area contributed by atoms with E-state index in [1.165, 1.54) is 19.2 Å². The molecule has 30 heavy (non-hydrogen) atoms. The van der Waals surface area contributed by atoms with Gasteiger partial charge in [-0.1, -0.05) is 52.3 Å². The van der Waals surface area contributed by atoms with Crippen LogP contribution in [0.25, 0.3) is 0 Å². The molecule has 1 amide bonds. The second kappa shape index (κ2) is 9.88. The van der Waals surface area contributed by atoms with Gasteiger partial charge in [0.25, 0.3) is 0 Å². The molecule has 0 fully saturated rings. The Hall–Kier alpha value is -2.68. The normalized spacial score (nSPS) is 12.2. The molecule has 0 bridgehead atoms. The molecule has 0 spiro atoms. The van der Waals surface area contributed by atoms with E-state index < -0.39 is 22.0 Å². The average Bonchev–Trinajstić information content (AvgIpc) is 2.74. The van der Waals surface area contributed by atoms with Crippen LogP contribution < -0.4 is 14.8 Å². The van der Waals surface area contributed by atoms with Gasteiger partial charge in [-0.25, -0.2) is 8.42 Å². The summed E-state index contributed by atoms with van der Waals surface area (Å²) in [6.45, 7) is 0. The summed E-state index contributed by atoms with van der Waals surface area (Å²) in [6.07, 6.45) is 0.201. The summed E-state index contributed by atoms with van der Waals surface area (Å²) in [5.74, 6) is 0.121. The number of hydrogen-bond acceptors (Lipinski definition) is 4. The van der Waals surface area contributed by atoms with E-state index in [1.54, 1.807) is 36.4 Å². The number of hydrogen-bond donors (Lipinski definition) is 2. The van der Waals surface area contributed by atoms with E-state index >= 15 is 0 Å². The highest BCUT2D eigenvalue weighted by atomic mass is 79.9. The van der Waals surface area contributed by atoms with Crippen molar-refractivity contribution in [3.05, 3.63) is 88.9 Å². The van der Waals surface area contributed by atoms with Gasteiger partial charge in [0, 0.05) is 16.2 Å². The Morgan fingerprint density at radius 2 is 1.70 bits per heavy atom. The summed E-state index contributed by atoms with van der Waals surface area (Å²) in [5, 5.41) is 2.77. The monoisotopic (exact) mass is 488 g/mol. The van der Waals surface area contributed by atoms with Crippen LogP contribution in [-0.2, 0) is 21.2 Å². The molecule has 156 valence electrons. The molecule has 2 N–H and O–H groups in total. The Bertz CT molecular complexity index is 1100. The molecule has 0 saturated heterocycles. The van der Waals surface area contributed by atoms with Gasteiger partial charge in [-0.2, -0.15) is 4.72 Å². The van der Waals surface area contributed by atoms with Gasteiger partial charge in [-0.15, -0.1) is 0 Å². The molecule has 0 aromatic heterocycles. The molecule has 0 radical (unpaired) electrons. The quantitative estimate of drug-likeness (QED) is 0.502. The van der Waals surface area contributed by atoms with Gasteiger partial charge in [0.15, 0.2) is 0 Å². The van der Waals surface area contributed by atoms with Gasteiger partial charge in [0.2, 0.25) is 15.9 Å². The summed E-state index contributed by atoms with van der Waals surface area (Å²) in [4.78, 5) is 13.1. The van der Waals surface area contributed by atoms with Crippen molar-refractivity contribution in [2.24, 2.45) is 0 Å². The highest BCUT2D eigenvalue weighted by molar-refractivity contribution is 9.10. The van der Waals surface area contributed by atoms with E-state index in [4.69, 9.17) is 4.74 Å². The zero-order valence-corrected chi connectivity index (χ0v) is 18.6. The topological polar surface area (TPSA) is 84.5 Å². The minimum Gasteiger partial charge on any atom is -0.497 e. The first-order chi connectivity index (χ1) is 14.4. The molecule has 0 saturated carbocycles. The Morgan fingerprint density at radius 3 is 2.37 bits per heavy atom. The van der Waals surface area contributed by atoms with Gasteiger partial charge >= 0.3 is 0 Å². The minimum atomic E-state index is -3.90. The van der Waals surface area contributed by atoms with Crippen molar-refractivity contribution in [1.82, 2.24) is 4.72 Å². The van der Waals surface area contributed by atoms with Crippen molar-refractivity contribution in [2.75, 3.05) is 12.4 Å². The minimum absolute atomic E-state index is 0.0814. The number of halogens is 1. The smallest absolute Gasteiger partial charge is 0.242 e. The number of carbonyl (C=O) groups excluding carboxylic acids is 1. The summed E-state index contributed by atoms with van der Waals surface area (Å²) in [5.41, 5.74) is 1.35. The lowest BCUT2D eigenvalue weighted by molar-refractivity contribution is -0.117. The molecule has 0 aliphatic rings. The van der Waals surface area contributed by atoms with E-state index in [0.29, 0.717) is 11.4 Å². The van der Waals surface area contributed by atoms with Crippen LogP contribution in [0.2, 0.25) is 0 Å². The van der Waals surface area contributed by atoms with Crippen LogP contribution in [0.4, 0.5) is 5.69 Å². The second-order valence-electron chi connectivity index (χ2n) is 6.54. The number of rotatable bonds is 8. The third-order valence-corrected chi connectivity index (χ3v) is 6.37. The Balaban J connectivity index is 1.85. The van der Waals surface area contributed by atoms with Crippen LogP contribution in [0.15, 0.2) is 88.2 Å². The summed E-state index contributed by atoms with van der Waals surface area (Å²) in [7, 11) is -2.37. The van der Waals surface area contributed by atoms with E-state index in [9.17, 15) is 13.2 Å². The van der Waals surface area contributed by atoms with Crippen LogP contribution in [0.5, 0.6) is 5.75 Å². The molecular weight excluding hydrogens is 468 g/mol. The lowest BCUT2D eigenvalue weighted by Crippen LogP contribution is -2.45. The third-order valence-electron chi connectivity index (χ3n) is 4.36. The van der Waals surface area contributed by atoms with Crippen LogP contribution >= 0.6 is 15.9 Å². The van der Waals surface area contributed by atoms with Crippen molar-refractivity contribution in [2.45, 2.75) is 17.4 Å². The fourth-order valence-corrected chi connectivity index (χ4v) is 4.30. The first kappa shape index (κ1) is 22.0. The molecule has 1 atom stereocenters. The Morgan fingerprint density at radius 1 is 1.00 bits per heavy atom.